The zero-order valence-electron chi connectivity index (χ0n) is 37.3. The standard InChI is InChI=1S/C46H78O14P2/c1-3-5-7-9-11-13-15-17-18-20-22-24-26-28-32-37-46(50)60-44(41-59-62(54,55)58-39-43(48)38-57-61(51,52)53)40-56-45(49)36-33-29-31-35-42(47)34-30-27-25-23-21-19-16-14-12-10-8-6-4-2/h6,8,12,14,17-19,21,25,27,29-31,34,42-44,47-48H,3-5,7,9-11,13,15-16,20,22-24,26,28,32-33,35-41H2,1-2H3,(H,54,55)(H2,51,52,53)/b8-6-,14-12-,18-17-,21-19-,27-25-,31-29-,34-30-/t42?,43-,44+/m0/s1. The molecule has 0 saturated heterocycles. The Morgan fingerprint density at radius 2 is 1.10 bits per heavy atom. The van der Waals surface area contributed by atoms with E-state index in [-0.39, 0.29) is 12.8 Å². The number of phosphoric acid groups is 2. The summed E-state index contributed by atoms with van der Waals surface area (Å²) in [5.41, 5.74) is 0. The molecule has 0 heterocycles. The Balaban J connectivity index is 4.73. The molecule has 0 aliphatic heterocycles. The van der Waals surface area contributed by atoms with Crippen LogP contribution in [0.25, 0.3) is 0 Å². The highest BCUT2D eigenvalue weighted by Gasteiger charge is 2.28. The fourth-order valence-electron chi connectivity index (χ4n) is 5.45. The van der Waals surface area contributed by atoms with E-state index in [0.717, 1.165) is 64.2 Å². The van der Waals surface area contributed by atoms with Crippen molar-refractivity contribution in [2.75, 3.05) is 26.4 Å². The quantitative estimate of drug-likeness (QED) is 0.0127. The Bertz CT molecular complexity index is 1430. The van der Waals surface area contributed by atoms with Gasteiger partial charge in [0.1, 0.15) is 12.7 Å². The molecular formula is C46H78O14P2. The maximum atomic E-state index is 12.7. The topological polar surface area (TPSA) is 216 Å². The first kappa shape index (κ1) is 59.3. The lowest BCUT2D eigenvalue weighted by atomic mass is 10.1. The van der Waals surface area contributed by atoms with Crippen molar-refractivity contribution in [3.8, 4) is 0 Å². The summed E-state index contributed by atoms with van der Waals surface area (Å²) in [6.07, 6.45) is 43.2. The molecule has 0 rings (SSSR count). The monoisotopic (exact) mass is 916 g/mol. The second kappa shape index (κ2) is 41.0. The minimum absolute atomic E-state index is 0.0169. The van der Waals surface area contributed by atoms with Gasteiger partial charge in [-0.1, -0.05) is 150 Å². The molecule has 62 heavy (non-hydrogen) atoms. The zero-order valence-corrected chi connectivity index (χ0v) is 39.1. The number of carbonyl (C=O) groups is 2. The summed E-state index contributed by atoms with van der Waals surface area (Å²) in [5.74, 6) is -1.23. The molecule has 0 aliphatic carbocycles. The number of hydrogen-bond acceptors (Lipinski definition) is 11. The van der Waals surface area contributed by atoms with Gasteiger partial charge in [0.2, 0.25) is 0 Å². The van der Waals surface area contributed by atoms with Crippen molar-refractivity contribution in [2.24, 2.45) is 0 Å². The lowest BCUT2D eigenvalue weighted by molar-refractivity contribution is -0.161. The Kier molecular flexibility index (Phi) is 39.2. The van der Waals surface area contributed by atoms with Crippen molar-refractivity contribution in [3.05, 3.63) is 85.1 Å². The summed E-state index contributed by atoms with van der Waals surface area (Å²) in [6.45, 7) is 1.42. The molecule has 0 aromatic heterocycles. The van der Waals surface area contributed by atoms with Gasteiger partial charge in [-0.2, -0.15) is 0 Å². The molecule has 356 valence electrons. The lowest BCUT2D eigenvalue weighted by Gasteiger charge is -2.20. The van der Waals surface area contributed by atoms with Crippen LogP contribution in [0.3, 0.4) is 0 Å². The van der Waals surface area contributed by atoms with Crippen LogP contribution < -0.4 is 0 Å². The van der Waals surface area contributed by atoms with E-state index in [4.69, 9.17) is 23.8 Å². The van der Waals surface area contributed by atoms with Gasteiger partial charge in [-0.05, 0) is 70.6 Å². The number of phosphoric ester groups is 2. The van der Waals surface area contributed by atoms with Gasteiger partial charge in [0, 0.05) is 12.8 Å². The minimum atomic E-state index is -4.89. The number of aliphatic hydroxyl groups is 2. The summed E-state index contributed by atoms with van der Waals surface area (Å²) in [5, 5.41) is 19.9. The van der Waals surface area contributed by atoms with Gasteiger partial charge in [-0.25, -0.2) is 9.13 Å². The van der Waals surface area contributed by atoms with Crippen LogP contribution in [0.4, 0.5) is 0 Å². The molecule has 0 fully saturated rings. The van der Waals surface area contributed by atoms with Crippen molar-refractivity contribution < 1.29 is 66.7 Å². The first-order valence-electron chi connectivity index (χ1n) is 22.4. The Hall–Kier alpha value is -2.74. The molecule has 16 heteroatoms. The van der Waals surface area contributed by atoms with E-state index in [1.807, 2.05) is 12.2 Å². The van der Waals surface area contributed by atoms with Crippen molar-refractivity contribution >= 4 is 27.6 Å². The largest absolute Gasteiger partial charge is 0.472 e. The first-order valence-corrected chi connectivity index (χ1v) is 25.4. The fourth-order valence-corrected chi connectivity index (χ4v) is 6.61. The second-order valence-corrected chi connectivity index (χ2v) is 17.5. The lowest BCUT2D eigenvalue weighted by Crippen LogP contribution is -2.29. The average Bonchev–Trinajstić information content (AvgIpc) is 3.23. The average molecular weight is 917 g/mol. The van der Waals surface area contributed by atoms with Crippen LogP contribution in [0.2, 0.25) is 0 Å². The van der Waals surface area contributed by atoms with E-state index in [2.05, 4.69) is 71.5 Å². The number of carbonyl (C=O) groups excluding carboxylic acids is 2. The maximum absolute atomic E-state index is 12.7. The van der Waals surface area contributed by atoms with E-state index >= 15 is 0 Å². The second-order valence-electron chi connectivity index (χ2n) is 14.8. The minimum Gasteiger partial charge on any atom is -0.462 e. The smallest absolute Gasteiger partial charge is 0.462 e. The highest BCUT2D eigenvalue weighted by atomic mass is 31.2. The normalized spacial score (nSPS) is 15.3. The fraction of sp³-hybridized carbons (Fsp3) is 0.652. The van der Waals surface area contributed by atoms with Crippen molar-refractivity contribution in [2.45, 2.75) is 167 Å². The van der Waals surface area contributed by atoms with Crippen molar-refractivity contribution in [1.82, 2.24) is 0 Å². The molecule has 0 amide bonds. The van der Waals surface area contributed by atoms with Gasteiger partial charge < -0.3 is 34.4 Å². The Morgan fingerprint density at radius 1 is 0.548 bits per heavy atom. The third kappa shape index (κ3) is 43.9. The molecule has 5 N–H and O–H groups in total. The highest BCUT2D eigenvalue weighted by molar-refractivity contribution is 7.47. The highest BCUT2D eigenvalue weighted by Crippen LogP contribution is 2.43. The predicted octanol–water partition coefficient (Wildman–Crippen LogP) is 10.5. The summed E-state index contributed by atoms with van der Waals surface area (Å²) in [4.78, 5) is 52.7. The summed E-state index contributed by atoms with van der Waals surface area (Å²) >= 11 is 0. The molecule has 0 spiro atoms. The van der Waals surface area contributed by atoms with E-state index in [1.54, 1.807) is 24.3 Å². The number of ether oxygens (including phenoxy) is 2. The molecular weight excluding hydrogens is 838 g/mol. The predicted molar refractivity (Wildman–Crippen MR) is 245 cm³/mol. The molecule has 0 aliphatic rings. The number of allylic oxidation sites excluding steroid dienone is 12. The van der Waals surface area contributed by atoms with E-state index in [9.17, 15) is 33.8 Å². The van der Waals surface area contributed by atoms with Gasteiger partial charge in [0.25, 0.3) is 0 Å². The molecule has 0 aromatic rings. The molecule has 2 unspecified atom stereocenters. The van der Waals surface area contributed by atoms with Crippen LogP contribution in [0.5, 0.6) is 0 Å². The van der Waals surface area contributed by atoms with Crippen LogP contribution in [-0.2, 0) is 41.8 Å². The number of hydrogen-bond donors (Lipinski definition) is 5. The molecule has 14 nitrogen and oxygen atoms in total. The van der Waals surface area contributed by atoms with Crippen molar-refractivity contribution in [1.29, 1.82) is 0 Å². The van der Waals surface area contributed by atoms with E-state index in [1.165, 1.54) is 38.5 Å². The summed E-state index contributed by atoms with van der Waals surface area (Å²) in [6, 6.07) is 0. The summed E-state index contributed by atoms with van der Waals surface area (Å²) < 4.78 is 47.6. The number of rotatable bonds is 41. The Labute approximate surface area is 371 Å². The van der Waals surface area contributed by atoms with E-state index in [0.29, 0.717) is 19.3 Å². The number of aliphatic hydroxyl groups excluding tert-OH is 2. The molecule has 0 aromatic carbocycles. The van der Waals surface area contributed by atoms with Gasteiger partial charge in [0.05, 0.1) is 25.9 Å². The molecule has 4 atom stereocenters. The molecule has 0 radical (unpaired) electrons. The molecule has 0 saturated carbocycles. The zero-order chi connectivity index (χ0) is 46.0. The first-order chi connectivity index (χ1) is 29.8. The Morgan fingerprint density at radius 3 is 1.73 bits per heavy atom. The summed E-state index contributed by atoms with van der Waals surface area (Å²) in [7, 11) is -9.74. The third-order valence-electron chi connectivity index (χ3n) is 8.85. The van der Waals surface area contributed by atoms with Gasteiger partial charge in [-0.3, -0.25) is 23.2 Å². The maximum Gasteiger partial charge on any atom is 0.472 e. The van der Waals surface area contributed by atoms with Gasteiger partial charge >= 0.3 is 27.6 Å². The number of unbranched alkanes of at least 4 members (excludes halogenated alkanes) is 11. The van der Waals surface area contributed by atoms with E-state index < -0.39 is 72.3 Å². The van der Waals surface area contributed by atoms with Crippen LogP contribution in [0.1, 0.15) is 149 Å². The van der Waals surface area contributed by atoms with Crippen LogP contribution in [0.15, 0.2) is 85.1 Å². The third-order valence-corrected chi connectivity index (χ3v) is 10.3. The molecule has 0 bridgehead atoms. The van der Waals surface area contributed by atoms with Crippen LogP contribution in [-0.4, -0.2) is 81.6 Å². The van der Waals surface area contributed by atoms with Crippen LogP contribution >= 0.6 is 15.6 Å². The van der Waals surface area contributed by atoms with Gasteiger partial charge in [-0.15, -0.1) is 0 Å². The number of esters is 2. The van der Waals surface area contributed by atoms with Gasteiger partial charge in [0.15, 0.2) is 6.10 Å². The van der Waals surface area contributed by atoms with Crippen LogP contribution in [0, 0.1) is 0 Å². The SMILES string of the molecule is CC/C=C\C/C=C\C/C=C\C/C=C\C=C/C(O)C/C=C\CCC(=O)OC[C@H](COP(=O)(O)OC[C@@H](O)COP(=O)(O)O)OC(=O)CCCCCCC/C=C\CCCCCCCC. The van der Waals surface area contributed by atoms with Crippen molar-refractivity contribution in [3.63, 3.8) is 0 Å².